The number of rotatable bonds is 2. The quantitative estimate of drug-likeness (QED) is 0.566. The molecule has 0 heterocycles. The average Bonchev–Trinajstić information content (AvgIpc) is 2.49. The summed E-state index contributed by atoms with van der Waals surface area (Å²) in [4.78, 5) is 0. The monoisotopic (exact) mass is 258 g/mol. The van der Waals surface area contributed by atoms with Crippen LogP contribution < -0.4 is 5.22 Å². The van der Waals surface area contributed by atoms with E-state index in [0.717, 1.165) is 10.8 Å². The van der Waals surface area contributed by atoms with Crippen molar-refractivity contribution >= 4 is 33.7 Å². The third-order valence-corrected chi connectivity index (χ3v) is 4.13. The molecule has 0 N–H and O–H groups in total. The summed E-state index contributed by atoms with van der Waals surface area (Å²) in [5.74, 6) is 0. The SMILES string of the molecule is C=C/C(=C/C)c1c(C)c2cccc3cccc(c1=C)c32. The Morgan fingerprint density at radius 3 is 2.30 bits per heavy atom. The first-order valence-electron chi connectivity index (χ1n) is 6.90. The van der Waals surface area contributed by atoms with Gasteiger partial charge in [-0.15, -0.1) is 0 Å². The van der Waals surface area contributed by atoms with Gasteiger partial charge >= 0.3 is 0 Å². The van der Waals surface area contributed by atoms with Crippen molar-refractivity contribution in [3.05, 3.63) is 71.5 Å². The zero-order valence-electron chi connectivity index (χ0n) is 12.0. The van der Waals surface area contributed by atoms with Crippen LogP contribution >= 0.6 is 0 Å². The molecule has 0 aromatic heterocycles. The largest absolute Gasteiger partial charge is 0.0985 e. The minimum absolute atomic E-state index is 1.10. The highest BCUT2D eigenvalue weighted by molar-refractivity contribution is 6.13. The van der Waals surface area contributed by atoms with Crippen LogP contribution in [0.5, 0.6) is 0 Å². The summed E-state index contributed by atoms with van der Waals surface area (Å²) in [5, 5.41) is 6.24. The molecule has 20 heavy (non-hydrogen) atoms. The van der Waals surface area contributed by atoms with Crippen molar-refractivity contribution in [2.24, 2.45) is 0 Å². The maximum atomic E-state index is 4.34. The van der Waals surface area contributed by atoms with Crippen molar-refractivity contribution in [1.82, 2.24) is 0 Å². The van der Waals surface area contributed by atoms with E-state index in [1.54, 1.807) is 0 Å². The summed E-state index contributed by atoms with van der Waals surface area (Å²) >= 11 is 0. The lowest BCUT2D eigenvalue weighted by Gasteiger charge is -2.15. The Labute approximate surface area is 119 Å². The molecule has 0 aliphatic carbocycles. The number of allylic oxidation sites excluding steroid dienone is 3. The van der Waals surface area contributed by atoms with Crippen LogP contribution in [0.1, 0.15) is 18.1 Å². The van der Waals surface area contributed by atoms with Crippen molar-refractivity contribution in [2.45, 2.75) is 13.8 Å². The van der Waals surface area contributed by atoms with Gasteiger partial charge in [-0.2, -0.15) is 0 Å². The van der Waals surface area contributed by atoms with Crippen LogP contribution in [-0.4, -0.2) is 0 Å². The van der Waals surface area contributed by atoms with Crippen LogP contribution in [0.2, 0.25) is 0 Å². The van der Waals surface area contributed by atoms with Gasteiger partial charge in [0.15, 0.2) is 0 Å². The van der Waals surface area contributed by atoms with Gasteiger partial charge in [0.05, 0.1) is 0 Å². The Balaban J connectivity index is 2.64. The minimum Gasteiger partial charge on any atom is -0.0985 e. The van der Waals surface area contributed by atoms with E-state index in [1.807, 2.05) is 13.0 Å². The van der Waals surface area contributed by atoms with Gasteiger partial charge in [0.2, 0.25) is 0 Å². The second-order valence-electron chi connectivity index (χ2n) is 5.14. The Morgan fingerprint density at radius 2 is 1.70 bits per heavy atom. The summed E-state index contributed by atoms with van der Waals surface area (Å²) in [7, 11) is 0. The molecule has 0 nitrogen and oxygen atoms in total. The van der Waals surface area contributed by atoms with Gasteiger partial charge in [0, 0.05) is 0 Å². The minimum atomic E-state index is 1.10. The zero-order chi connectivity index (χ0) is 14.3. The van der Waals surface area contributed by atoms with Gasteiger partial charge < -0.3 is 0 Å². The van der Waals surface area contributed by atoms with Crippen LogP contribution in [0.15, 0.2) is 55.1 Å². The fourth-order valence-corrected chi connectivity index (χ4v) is 3.16. The predicted octanol–water partition coefficient (Wildman–Crippen LogP) is 5.02. The summed E-state index contributed by atoms with van der Waals surface area (Å²) in [6.45, 7) is 12.5. The van der Waals surface area contributed by atoms with Gasteiger partial charge in [-0.3, -0.25) is 0 Å². The molecule has 3 rings (SSSR count). The molecule has 0 bridgehead atoms. The molecule has 98 valence electrons. The van der Waals surface area contributed by atoms with E-state index in [2.05, 4.69) is 62.6 Å². The van der Waals surface area contributed by atoms with Crippen LogP contribution in [0.4, 0.5) is 0 Å². The molecule has 0 amide bonds. The normalized spacial score (nSPS) is 12.2. The molecule has 3 aromatic rings. The molecule has 0 saturated heterocycles. The molecule has 0 spiro atoms. The Bertz CT molecular complexity index is 890. The molecule has 0 heteroatoms. The second-order valence-corrected chi connectivity index (χ2v) is 5.14. The number of aryl methyl sites for hydroxylation is 1. The summed E-state index contributed by atoms with van der Waals surface area (Å²) in [6.07, 6.45) is 4.02. The number of benzene rings is 3. The van der Waals surface area contributed by atoms with E-state index in [-0.39, 0.29) is 0 Å². The van der Waals surface area contributed by atoms with Crippen LogP contribution in [0, 0.1) is 6.92 Å². The van der Waals surface area contributed by atoms with Crippen molar-refractivity contribution < 1.29 is 0 Å². The van der Waals surface area contributed by atoms with Gasteiger partial charge in [0.1, 0.15) is 0 Å². The lowest BCUT2D eigenvalue weighted by atomic mass is 9.88. The lowest BCUT2D eigenvalue weighted by molar-refractivity contribution is 1.45. The molecule has 0 unspecified atom stereocenters. The first-order valence-corrected chi connectivity index (χ1v) is 6.90. The summed E-state index contributed by atoms with van der Waals surface area (Å²) < 4.78 is 0. The van der Waals surface area contributed by atoms with E-state index in [1.165, 1.54) is 32.7 Å². The Hall–Kier alpha value is -2.34. The molecule has 0 radical (unpaired) electrons. The van der Waals surface area contributed by atoms with Crippen molar-refractivity contribution in [3.8, 4) is 0 Å². The van der Waals surface area contributed by atoms with E-state index in [4.69, 9.17) is 0 Å². The van der Waals surface area contributed by atoms with Crippen LogP contribution in [0.3, 0.4) is 0 Å². The van der Waals surface area contributed by atoms with E-state index in [0.29, 0.717) is 0 Å². The first kappa shape index (κ1) is 12.7. The van der Waals surface area contributed by atoms with Crippen LogP contribution in [0.25, 0.3) is 33.7 Å². The molecular weight excluding hydrogens is 240 g/mol. The van der Waals surface area contributed by atoms with E-state index >= 15 is 0 Å². The molecule has 0 atom stereocenters. The number of hydrogen-bond acceptors (Lipinski definition) is 0. The van der Waals surface area contributed by atoms with Crippen molar-refractivity contribution in [3.63, 3.8) is 0 Å². The van der Waals surface area contributed by atoms with Crippen LogP contribution in [-0.2, 0) is 0 Å². The zero-order valence-corrected chi connectivity index (χ0v) is 12.0. The molecule has 0 aliphatic heterocycles. The molecule has 0 aliphatic rings. The fraction of sp³-hybridized carbons (Fsp3) is 0.100. The van der Waals surface area contributed by atoms with Crippen molar-refractivity contribution in [1.29, 1.82) is 0 Å². The third-order valence-electron chi connectivity index (χ3n) is 4.13. The Kier molecular flexibility index (Phi) is 2.94. The molecule has 0 fully saturated rings. The standard InChI is InChI=1S/C20H18/c1-5-15(6-2)19-13(3)17-11-7-9-16-10-8-12-18(14(19)4)20(16)17/h5-12H,1,3H2,2,4H3/b15-6-. The molecular formula is C20H18. The first-order chi connectivity index (χ1) is 9.69. The molecule has 3 aromatic carbocycles. The number of hydrogen-bond donors (Lipinski definition) is 0. The maximum absolute atomic E-state index is 4.34. The van der Waals surface area contributed by atoms with Gasteiger partial charge in [-0.1, -0.05) is 61.7 Å². The third kappa shape index (κ3) is 1.61. The molecule has 0 saturated carbocycles. The Morgan fingerprint density at radius 1 is 1.05 bits per heavy atom. The van der Waals surface area contributed by atoms with Gasteiger partial charge in [-0.25, -0.2) is 0 Å². The predicted molar refractivity (Wildman–Crippen MR) is 90.8 cm³/mol. The van der Waals surface area contributed by atoms with Crippen molar-refractivity contribution in [2.75, 3.05) is 0 Å². The summed E-state index contributed by atoms with van der Waals surface area (Å²) in [5.41, 5.74) is 3.65. The average molecular weight is 258 g/mol. The maximum Gasteiger partial charge on any atom is -0.00299 e. The highest BCUT2D eigenvalue weighted by Gasteiger charge is 2.12. The second kappa shape index (κ2) is 4.64. The van der Waals surface area contributed by atoms with Gasteiger partial charge in [-0.05, 0) is 57.3 Å². The highest BCUT2D eigenvalue weighted by atomic mass is 14.2. The smallest absolute Gasteiger partial charge is 0.00299 e. The van der Waals surface area contributed by atoms with E-state index in [9.17, 15) is 0 Å². The van der Waals surface area contributed by atoms with Gasteiger partial charge in [0.25, 0.3) is 0 Å². The lowest BCUT2D eigenvalue weighted by Crippen LogP contribution is -2.10. The fourth-order valence-electron chi connectivity index (χ4n) is 3.16. The summed E-state index contributed by atoms with van der Waals surface area (Å²) in [6, 6.07) is 12.9. The highest BCUT2D eigenvalue weighted by Crippen LogP contribution is 2.31. The van der Waals surface area contributed by atoms with E-state index < -0.39 is 0 Å². The topological polar surface area (TPSA) is 0 Å².